The van der Waals surface area contributed by atoms with E-state index in [1.807, 2.05) is 54.6 Å². The summed E-state index contributed by atoms with van der Waals surface area (Å²) in [4.78, 5) is 2.19. The highest BCUT2D eigenvalue weighted by molar-refractivity contribution is 7.99. The summed E-state index contributed by atoms with van der Waals surface area (Å²) in [5, 5.41) is 29.7. The fourth-order valence-electron chi connectivity index (χ4n) is 4.01. The summed E-state index contributed by atoms with van der Waals surface area (Å²) in [6.45, 7) is 0. The maximum Gasteiger partial charge on any atom is 0.115 e. The van der Waals surface area contributed by atoms with E-state index < -0.39 is 0 Å². The fourth-order valence-corrected chi connectivity index (χ4v) is 5.01. The van der Waals surface area contributed by atoms with E-state index in [2.05, 4.69) is 24.3 Å². The van der Waals surface area contributed by atoms with Gasteiger partial charge in [-0.3, -0.25) is 0 Å². The van der Waals surface area contributed by atoms with Gasteiger partial charge in [0.25, 0.3) is 0 Å². The van der Waals surface area contributed by atoms with Gasteiger partial charge in [-0.15, -0.1) is 0 Å². The lowest BCUT2D eigenvalue weighted by Crippen LogP contribution is -1.93. The van der Waals surface area contributed by atoms with Crippen molar-refractivity contribution >= 4 is 11.8 Å². The first-order valence-electron chi connectivity index (χ1n) is 10.9. The molecule has 0 radical (unpaired) electrons. The molecule has 0 unspecified atom stereocenters. The lowest BCUT2D eigenvalue weighted by Gasteiger charge is -2.20. The first kappa shape index (κ1) is 21.7. The van der Waals surface area contributed by atoms with Gasteiger partial charge in [0, 0.05) is 15.4 Å². The Morgan fingerprint density at radius 2 is 0.882 bits per heavy atom. The molecular formula is C30H22O3S. The van der Waals surface area contributed by atoms with E-state index in [9.17, 15) is 15.3 Å². The molecule has 0 aromatic heterocycles. The van der Waals surface area contributed by atoms with E-state index in [0.717, 1.165) is 43.2 Å². The third-order valence-corrected chi connectivity index (χ3v) is 6.70. The van der Waals surface area contributed by atoms with Crippen molar-refractivity contribution in [1.82, 2.24) is 0 Å². The van der Waals surface area contributed by atoms with E-state index in [4.69, 9.17) is 0 Å². The van der Waals surface area contributed by atoms with Gasteiger partial charge < -0.3 is 15.3 Å². The molecule has 0 spiro atoms. The largest absolute Gasteiger partial charge is 0.508 e. The Kier molecular flexibility index (Phi) is 5.98. The Morgan fingerprint density at radius 3 is 1.41 bits per heavy atom. The Labute approximate surface area is 202 Å². The summed E-state index contributed by atoms with van der Waals surface area (Å²) in [6, 6.07) is 36.0. The molecule has 0 bridgehead atoms. The van der Waals surface area contributed by atoms with Crippen molar-refractivity contribution in [2.75, 3.05) is 0 Å². The standard InChI is InChI=1S/C30H22O3S/c31-23-12-6-20(7-13-23)27-18-19-28(34-26-4-2-1-3-5-26)30(22-10-16-25(33)17-11-22)29(27)21-8-14-24(32)15-9-21/h1-19,31-33H. The van der Waals surface area contributed by atoms with E-state index in [0.29, 0.717) is 0 Å². The highest BCUT2D eigenvalue weighted by atomic mass is 32.2. The van der Waals surface area contributed by atoms with Crippen LogP contribution in [0.2, 0.25) is 0 Å². The highest BCUT2D eigenvalue weighted by Crippen LogP contribution is 2.47. The monoisotopic (exact) mass is 462 g/mol. The van der Waals surface area contributed by atoms with E-state index in [-0.39, 0.29) is 17.2 Å². The summed E-state index contributed by atoms with van der Waals surface area (Å²) in [6.07, 6.45) is 0. The first-order valence-corrected chi connectivity index (χ1v) is 11.7. The molecule has 3 nitrogen and oxygen atoms in total. The normalized spacial score (nSPS) is 10.8. The number of hydrogen-bond donors (Lipinski definition) is 3. The molecule has 4 heteroatoms. The van der Waals surface area contributed by atoms with Crippen LogP contribution in [0.4, 0.5) is 0 Å². The average Bonchev–Trinajstić information content (AvgIpc) is 2.86. The van der Waals surface area contributed by atoms with E-state index in [1.165, 1.54) is 0 Å². The van der Waals surface area contributed by atoms with Crippen LogP contribution in [-0.2, 0) is 0 Å². The Bertz CT molecular complexity index is 1410. The molecule has 5 rings (SSSR count). The summed E-state index contributed by atoms with van der Waals surface area (Å²) < 4.78 is 0. The molecular weight excluding hydrogens is 440 g/mol. The van der Waals surface area contributed by atoms with Crippen molar-refractivity contribution in [3.05, 3.63) is 115 Å². The molecule has 0 aliphatic carbocycles. The summed E-state index contributed by atoms with van der Waals surface area (Å²) in [7, 11) is 0. The van der Waals surface area contributed by atoms with Crippen LogP contribution in [0.3, 0.4) is 0 Å². The molecule has 166 valence electrons. The zero-order valence-electron chi connectivity index (χ0n) is 18.2. The number of benzene rings is 5. The molecule has 34 heavy (non-hydrogen) atoms. The lowest BCUT2D eigenvalue weighted by molar-refractivity contribution is 0.475. The SMILES string of the molecule is Oc1ccc(-c2ccc(Sc3ccccc3)c(-c3ccc(O)cc3)c2-c2ccc(O)cc2)cc1. The summed E-state index contributed by atoms with van der Waals surface area (Å²) in [5.41, 5.74) is 5.95. The highest BCUT2D eigenvalue weighted by Gasteiger charge is 2.19. The maximum absolute atomic E-state index is 9.93. The zero-order valence-corrected chi connectivity index (χ0v) is 19.0. The molecule has 3 N–H and O–H groups in total. The fraction of sp³-hybridized carbons (Fsp3) is 0. The topological polar surface area (TPSA) is 60.7 Å². The van der Waals surface area contributed by atoms with Crippen molar-refractivity contribution in [1.29, 1.82) is 0 Å². The van der Waals surface area contributed by atoms with Crippen LogP contribution in [0.5, 0.6) is 17.2 Å². The number of phenols is 3. The van der Waals surface area contributed by atoms with Gasteiger partial charge in [0.1, 0.15) is 17.2 Å². The minimum atomic E-state index is 0.205. The molecule has 0 aliphatic heterocycles. The summed E-state index contributed by atoms with van der Waals surface area (Å²) >= 11 is 1.68. The maximum atomic E-state index is 9.93. The van der Waals surface area contributed by atoms with Gasteiger partial charge in [-0.05, 0) is 82.4 Å². The molecule has 5 aromatic carbocycles. The lowest BCUT2D eigenvalue weighted by atomic mass is 9.87. The van der Waals surface area contributed by atoms with E-state index in [1.54, 1.807) is 48.2 Å². The van der Waals surface area contributed by atoms with Gasteiger partial charge in [0.2, 0.25) is 0 Å². The van der Waals surface area contributed by atoms with Crippen molar-refractivity contribution in [3.8, 4) is 50.6 Å². The molecule has 0 fully saturated rings. The van der Waals surface area contributed by atoms with Gasteiger partial charge >= 0.3 is 0 Å². The Hall–Kier alpha value is -4.15. The number of hydrogen-bond acceptors (Lipinski definition) is 4. The van der Waals surface area contributed by atoms with Crippen molar-refractivity contribution in [2.45, 2.75) is 9.79 Å². The zero-order chi connectivity index (χ0) is 23.5. The molecule has 0 heterocycles. The van der Waals surface area contributed by atoms with Crippen LogP contribution in [0, 0.1) is 0 Å². The minimum absolute atomic E-state index is 0.205. The smallest absolute Gasteiger partial charge is 0.115 e. The van der Waals surface area contributed by atoms with Crippen LogP contribution < -0.4 is 0 Å². The molecule has 0 saturated heterocycles. The van der Waals surface area contributed by atoms with Gasteiger partial charge in [-0.1, -0.05) is 72.4 Å². The van der Waals surface area contributed by atoms with Crippen LogP contribution in [0.1, 0.15) is 0 Å². The van der Waals surface area contributed by atoms with Crippen molar-refractivity contribution in [3.63, 3.8) is 0 Å². The third-order valence-electron chi connectivity index (χ3n) is 5.63. The van der Waals surface area contributed by atoms with Crippen LogP contribution >= 0.6 is 11.8 Å². The Balaban J connectivity index is 1.82. The molecule has 5 aromatic rings. The van der Waals surface area contributed by atoms with Gasteiger partial charge in [0.15, 0.2) is 0 Å². The number of rotatable bonds is 5. The second-order valence-electron chi connectivity index (χ2n) is 7.92. The number of aromatic hydroxyl groups is 3. The first-order chi connectivity index (χ1) is 16.6. The van der Waals surface area contributed by atoms with Crippen LogP contribution in [0.15, 0.2) is 125 Å². The van der Waals surface area contributed by atoms with Gasteiger partial charge in [-0.25, -0.2) is 0 Å². The van der Waals surface area contributed by atoms with E-state index >= 15 is 0 Å². The quantitative estimate of drug-likeness (QED) is 0.248. The molecule has 0 amide bonds. The second kappa shape index (κ2) is 9.38. The predicted molar refractivity (Wildman–Crippen MR) is 138 cm³/mol. The van der Waals surface area contributed by atoms with Crippen molar-refractivity contribution in [2.24, 2.45) is 0 Å². The average molecular weight is 463 g/mol. The van der Waals surface area contributed by atoms with Gasteiger partial charge in [-0.2, -0.15) is 0 Å². The Morgan fingerprint density at radius 1 is 0.412 bits per heavy atom. The van der Waals surface area contributed by atoms with Crippen molar-refractivity contribution < 1.29 is 15.3 Å². The second-order valence-corrected chi connectivity index (χ2v) is 9.03. The molecule has 0 atom stereocenters. The third kappa shape index (κ3) is 4.49. The summed E-state index contributed by atoms with van der Waals surface area (Å²) in [5.74, 6) is 0.628. The van der Waals surface area contributed by atoms with Gasteiger partial charge in [0.05, 0.1) is 0 Å². The molecule has 0 saturated carbocycles. The molecule has 0 aliphatic rings. The van der Waals surface area contributed by atoms with Crippen LogP contribution in [-0.4, -0.2) is 15.3 Å². The minimum Gasteiger partial charge on any atom is -0.508 e. The van der Waals surface area contributed by atoms with Crippen LogP contribution in [0.25, 0.3) is 33.4 Å². The predicted octanol–water partition coefficient (Wildman–Crippen LogP) is 7.96. The number of phenolic OH excluding ortho intramolecular Hbond substituents is 3.